The maximum atomic E-state index is 11.3. The van der Waals surface area contributed by atoms with E-state index in [-0.39, 0.29) is 0 Å². The molecule has 0 aromatic rings. The minimum absolute atomic E-state index is 0.490. The van der Waals surface area contributed by atoms with Gasteiger partial charge in [0.1, 0.15) is 5.92 Å². The Labute approximate surface area is 83.1 Å². The number of aliphatic hydroxyl groups is 1. The van der Waals surface area contributed by atoms with Crippen molar-refractivity contribution >= 4 is 5.97 Å². The number of methoxy groups -OCH3 is 1. The van der Waals surface area contributed by atoms with Gasteiger partial charge in [0.15, 0.2) is 5.60 Å². The van der Waals surface area contributed by atoms with Gasteiger partial charge in [0.2, 0.25) is 0 Å². The van der Waals surface area contributed by atoms with Crippen LogP contribution in [0.4, 0.5) is 0 Å². The van der Waals surface area contributed by atoms with Gasteiger partial charge >= 0.3 is 5.97 Å². The van der Waals surface area contributed by atoms with E-state index < -0.39 is 17.5 Å². The summed E-state index contributed by atoms with van der Waals surface area (Å²) >= 11 is 0. The number of carbonyl (C=O) groups excluding carboxylic acids is 1. The van der Waals surface area contributed by atoms with Gasteiger partial charge in [0, 0.05) is 0 Å². The van der Waals surface area contributed by atoms with Gasteiger partial charge in [-0.25, -0.2) is 0 Å². The van der Waals surface area contributed by atoms with Gasteiger partial charge in [-0.3, -0.25) is 4.79 Å². The van der Waals surface area contributed by atoms with E-state index in [1.165, 1.54) is 13.2 Å². The zero-order chi connectivity index (χ0) is 10.6. The topological polar surface area (TPSA) is 46.5 Å². The number of carbonyl (C=O) groups is 1. The summed E-state index contributed by atoms with van der Waals surface area (Å²) in [6.07, 6.45) is 6.42. The van der Waals surface area contributed by atoms with Crippen molar-refractivity contribution in [1.29, 1.82) is 0 Å². The standard InChI is InChI=1S/C11H12O3/c1-3-7-11(13)8-5-4-6-9(11)10(12)14-2/h4-6,8-9,13H,1-2H3/t9-,11+/m1/s1. The van der Waals surface area contributed by atoms with E-state index >= 15 is 0 Å². The molecule has 0 saturated carbocycles. The van der Waals surface area contributed by atoms with Crippen LogP contribution in [0.2, 0.25) is 0 Å². The molecule has 0 unspecified atom stereocenters. The first-order chi connectivity index (χ1) is 6.64. The highest BCUT2D eigenvalue weighted by Crippen LogP contribution is 2.25. The quantitative estimate of drug-likeness (QED) is 0.490. The lowest BCUT2D eigenvalue weighted by molar-refractivity contribution is -0.147. The predicted octanol–water partition coefficient (Wildman–Crippen LogP) is 0.656. The lowest BCUT2D eigenvalue weighted by Crippen LogP contribution is -2.40. The highest BCUT2D eigenvalue weighted by atomic mass is 16.5. The third-order valence-electron chi connectivity index (χ3n) is 2.02. The van der Waals surface area contributed by atoms with E-state index in [4.69, 9.17) is 0 Å². The number of esters is 1. The van der Waals surface area contributed by atoms with Crippen molar-refractivity contribution in [2.24, 2.45) is 5.92 Å². The number of hydrogen-bond donors (Lipinski definition) is 1. The number of hydrogen-bond acceptors (Lipinski definition) is 3. The van der Waals surface area contributed by atoms with Gasteiger partial charge in [0.25, 0.3) is 0 Å². The monoisotopic (exact) mass is 192 g/mol. The number of allylic oxidation sites excluding steroid dienone is 2. The molecule has 0 heterocycles. The lowest BCUT2D eigenvalue weighted by atomic mass is 9.84. The van der Waals surface area contributed by atoms with Crippen LogP contribution in [0.3, 0.4) is 0 Å². The summed E-state index contributed by atoms with van der Waals surface area (Å²) in [6, 6.07) is 0. The van der Waals surface area contributed by atoms with Crippen molar-refractivity contribution in [2.75, 3.05) is 7.11 Å². The second kappa shape index (κ2) is 4.12. The Morgan fingerprint density at radius 3 is 2.86 bits per heavy atom. The molecule has 0 radical (unpaired) electrons. The number of rotatable bonds is 1. The average Bonchev–Trinajstić information content (AvgIpc) is 2.17. The third kappa shape index (κ3) is 1.86. The highest BCUT2D eigenvalue weighted by molar-refractivity contribution is 5.78. The van der Waals surface area contributed by atoms with Crippen LogP contribution in [0.5, 0.6) is 0 Å². The van der Waals surface area contributed by atoms with Crippen molar-refractivity contribution in [3.8, 4) is 11.8 Å². The maximum Gasteiger partial charge on any atom is 0.316 e. The summed E-state index contributed by atoms with van der Waals surface area (Å²) in [5.41, 5.74) is -1.43. The SMILES string of the molecule is CC#C[C@]1(O)C=CC=C[C@@H]1C(=O)OC. The molecule has 0 amide bonds. The normalized spacial score (nSPS) is 29.2. The molecule has 0 fully saturated rings. The molecule has 0 aliphatic heterocycles. The summed E-state index contributed by atoms with van der Waals surface area (Å²) in [5, 5.41) is 10.0. The predicted molar refractivity (Wildman–Crippen MR) is 52.2 cm³/mol. The molecule has 2 atom stereocenters. The van der Waals surface area contributed by atoms with Crippen LogP contribution >= 0.6 is 0 Å². The molecule has 3 heteroatoms. The largest absolute Gasteiger partial charge is 0.468 e. The summed E-state index contributed by atoms with van der Waals surface area (Å²) in [4.78, 5) is 11.3. The Hall–Kier alpha value is -1.53. The molecular formula is C11H12O3. The molecule has 0 aromatic carbocycles. The summed E-state index contributed by atoms with van der Waals surface area (Å²) in [6.45, 7) is 1.61. The molecule has 0 aromatic heterocycles. The first-order valence-corrected chi connectivity index (χ1v) is 4.24. The second-order valence-electron chi connectivity index (χ2n) is 2.95. The van der Waals surface area contributed by atoms with Gasteiger partial charge in [0.05, 0.1) is 7.11 Å². The minimum atomic E-state index is -1.43. The van der Waals surface area contributed by atoms with Gasteiger partial charge < -0.3 is 9.84 Å². The smallest absolute Gasteiger partial charge is 0.316 e. The van der Waals surface area contributed by atoms with Gasteiger partial charge in [-0.05, 0) is 13.0 Å². The first kappa shape index (κ1) is 10.6. The first-order valence-electron chi connectivity index (χ1n) is 4.24. The minimum Gasteiger partial charge on any atom is -0.468 e. The van der Waals surface area contributed by atoms with Crippen LogP contribution < -0.4 is 0 Å². The molecule has 3 nitrogen and oxygen atoms in total. The highest BCUT2D eigenvalue weighted by Gasteiger charge is 2.38. The molecule has 1 rings (SSSR count). The van der Waals surface area contributed by atoms with E-state index in [1.807, 2.05) is 0 Å². The fraction of sp³-hybridized carbons (Fsp3) is 0.364. The second-order valence-corrected chi connectivity index (χ2v) is 2.95. The van der Waals surface area contributed by atoms with Crippen molar-refractivity contribution in [3.05, 3.63) is 24.3 Å². The van der Waals surface area contributed by atoms with Crippen LogP contribution in [0.25, 0.3) is 0 Å². The Morgan fingerprint density at radius 1 is 1.57 bits per heavy atom. The Bertz CT molecular complexity index is 343. The summed E-state index contributed by atoms with van der Waals surface area (Å²) in [5.74, 6) is 3.95. The van der Waals surface area contributed by atoms with E-state index in [9.17, 15) is 9.90 Å². The number of ether oxygens (including phenoxy) is 1. The zero-order valence-corrected chi connectivity index (χ0v) is 8.15. The van der Waals surface area contributed by atoms with Crippen molar-refractivity contribution in [1.82, 2.24) is 0 Å². The zero-order valence-electron chi connectivity index (χ0n) is 8.15. The van der Waals surface area contributed by atoms with E-state index in [1.54, 1.807) is 25.2 Å². The molecule has 0 bridgehead atoms. The van der Waals surface area contributed by atoms with Crippen LogP contribution in [-0.4, -0.2) is 23.8 Å². The molecular weight excluding hydrogens is 180 g/mol. The lowest BCUT2D eigenvalue weighted by Gasteiger charge is -2.26. The van der Waals surface area contributed by atoms with Crippen LogP contribution in [-0.2, 0) is 9.53 Å². The Morgan fingerprint density at radius 2 is 2.29 bits per heavy atom. The van der Waals surface area contributed by atoms with E-state index in [0.717, 1.165) is 0 Å². The van der Waals surface area contributed by atoms with Crippen molar-refractivity contribution < 1.29 is 14.6 Å². The van der Waals surface area contributed by atoms with Gasteiger partial charge in [-0.1, -0.05) is 24.1 Å². The van der Waals surface area contributed by atoms with Gasteiger partial charge in [-0.15, -0.1) is 5.92 Å². The third-order valence-corrected chi connectivity index (χ3v) is 2.02. The molecule has 74 valence electrons. The summed E-state index contributed by atoms with van der Waals surface area (Å²) < 4.78 is 4.58. The van der Waals surface area contributed by atoms with E-state index in [0.29, 0.717) is 0 Å². The molecule has 14 heavy (non-hydrogen) atoms. The molecule has 1 aliphatic rings. The van der Waals surface area contributed by atoms with Crippen LogP contribution in [0.15, 0.2) is 24.3 Å². The Balaban J connectivity index is 3.01. The molecule has 1 aliphatic carbocycles. The fourth-order valence-corrected chi connectivity index (χ4v) is 1.33. The maximum absolute atomic E-state index is 11.3. The van der Waals surface area contributed by atoms with Gasteiger partial charge in [-0.2, -0.15) is 0 Å². The van der Waals surface area contributed by atoms with Crippen LogP contribution in [0.1, 0.15) is 6.92 Å². The fourth-order valence-electron chi connectivity index (χ4n) is 1.33. The Kier molecular flexibility index (Phi) is 3.10. The average molecular weight is 192 g/mol. The van der Waals surface area contributed by atoms with Crippen molar-refractivity contribution in [3.63, 3.8) is 0 Å². The van der Waals surface area contributed by atoms with E-state index in [2.05, 4.69) is 16.6 Å². The molecule has 1 N–H and O–H groups in total. The van der Waals surface area contributed by atoms with Crippen molar-refractivity contribution in [2.45, 2.75) is 12.5 Å². The van der Waals surface area contributed by atoms with Crippen LogP contribution in [0, 0.1) is 17.8 Å². The summed E-state index contributed by atoms with van der Waals surface area (Å²) in [7, 11) is 1.29. The molecule has 0 spiro atoms. The molecule has 0 saturated heterocycles.